The van der Waals surface area contributed by atoms with Crippen molar-refractivity contribution in [2.75, 3.05) is 6.54 Å². The topological polar surface area (TPSA) is 24.1 Å². The molecule has 5 atom stereocenters. The van der Waals surface area contributed by atoms with Crippen LogP contribution in [0.4, 0.5) is 0 Å². The fraction of sp³-hybridized carbons (Fsp3) is 1.00. The summed E-state index contributed by atoms with van der Waals surface area (Å²) in [7, 11) is 0. The summed E-state index contributed by atoms with van der Waals surface area (Å²) in [5.41, 5.74) is 1.05. The van der Waals surface area contributed by atoms with Crippen molar-refractivity contribution in [1.82, 2.24) is 10.6 Å². The zero-order valence-corrected chi connectivity index (χ0v) is 14.0. The third-order valence-corrected chi connectivity index (χ3v) is 6.77. The van der Waals surface area contributed by atoms with Crippen molar-refractivity contribution in [2.45, 2.75) is 90.8 Å². The maximum atomic E-state index is 4.05. The number of hydrogen-bond acceptors (Lipinski definition) is 2. The van der Waals surface area contributed by atoms with Crippen molar-refractivity contribution >= 4 is 0 Å². The van der Waals surface area contributed by atoms with Gasteiger partial charge in [-0.2, -0.15) is 0 Å². The van der Waals surface area contributed by atoms with Gasteiger partial charge in [-0.1, -0.05) is 27.2 Å². The maximum Gasteiger partial charge on any atom is 0.0177 e. The highest BCUT2D eigenvalue weighted by Crippen LogP contribution is 2.62. The van der Waals surface area contributed by atoms with Gasteiger partial charge in [-0.15, -0.1) is 0 Å². The molecule has 1 aliphatic heterocycles. The van der Waals surface area contributed by atoms with Crippen LogP contribution < -0.4 is 10.6 Å². The second-order valence-corrected chi connectivity index (χ2v) is 8.80. The van der Waals surface area contributed by atoms with Crippen LogP contribution >= 0.6 is 0 Å². The molecule has 3 fully saturated rings. The van der Waals surface area contributed by atoms with E-state index in [1.165, 1.54) is 51.5 Å². The largest absolute Gasteiger partial charge is 0.314 e. The first-order valence-electron chi connectivity index (χ1n) is 8.91. The zero-order valence-electron chi connectivity index (χ0n) is 14.0. The molecular formula is C18H34N2. The fourth-order valence-electron chi connectivity index (χ4n) is 5.62. The molecule has 2 N–H and O–H groups in total. The minimum Gasteiger partial charge on any atom is -0.314 e. The molecule has 116 valence electrons. The Bertz CT molecular complexity index is 341. The van der Waals surface area contributed by atoms with Crippen LogP contribution in [-0.4, -0.2) is 24.7 Å². The lowest BCUT2D eigenvalue weighted by Gasteiger charge is -2.45. The molecule has 2 bridgehead atoms. The van der Waals surface area contributed by atoms with Crippen LogP contribution in [0, 0.1) is 16.7 Å². The molecule has 5 unspecified atom stereocenters. The van der Waals surface area contributed by atoms with Crippen molar-refractivity contribution in [1.29, 1.82) is 0 Å². The van der Waals surface area contributed by atoms with E-state index < -0.39 is 0 Å². The second kappa shape index (κ2) is 5.28. The van der Waals surface area contributed by atoms with Crippen LogP contribution in [0.2, 0.25) is 0 Å². The Hall–Kier alpha value is -0.0800. The van der Waals surface area contributed by atoms with Gasteiger partial charge >= 0.3 is 0 Å². The standard InChI is InChI=1S/C18H34N2/c1-13(11-15-7-5-6-10-19-15)20-16-17(2,3)14-8-9-18(16,4)12-14/h13-16,19-20H,5-12H2,1-4H3. The molecule has 1 heterocycles. The first-order chi connectivity index (χ1) is 9.42. The van der Waals surface area contributed by atoms with Gasteiger partial charge < -0.3 is 10.6 Å². The number of rotatable bonds is 4. The van der Waals surface area contributed by atoms with E-state index in [1.54, 1.807) is 0 Å². The van der Waals surface area contributed by atoms with Crippen LogP contribution in [0.5, 0.6) is 0 Å². The van der Waals surface area contributed by atoms with E-state index in [2.05, 4.69) is 38.3 Å². The molecule has 0 spiro atoms. The first kappa shape index (κ1) is 14.8. The van der Waals surface area contributed by atoms with Gasteiger partial charge in [0.1, 0.15) is 0 Å². The number of nitrogens with one attached hydrogen (secondary N) is 2. The van der Waals surface area contributed by atoms with E-state index in [0.29, 0.717) is 22.9 Å². The SMILES string of the molecule is CC(CC1CCCCN1)NC1C2(C)CCC(C2)C1(C)C. The van der Waals surface area contributed by atoms with Gasteiger partial charge in [-0.3, -0.25) is 0 Å². The molecule has 0 amide bonds. The molecular weight excluding hydrogens is 244 g/mol. The molecule has 2 aliphatic carbocycles. The minimum absolute atomic E-state index is 0.487. The van der Waals surface area contributed by atoms with Gasteiger partial charge in [-0.05, 0) is 68.7 Å². The molecule has 2 saturated carbocycles. The van der Waals surface area contributed by atoms with Gasteiger partial charge in [0.2, 0.25) is 0 Å². The second-order valence-electron chi connectivity index (χ2n) is 8.80. The van der Waals surface area contributed by atoms with E-state index >= 15 is 0 Å². The molecule has 3 rings (SSSR count). The molecule has 2 heteroatoms. The van der Waals surface area contributed by atoms with Gasteiger partial charge in [-0.25, -0.2) is 0 Å². The van der Waals surface area contributed by atoms with E-state index in [4.69, 9.17) is 0 Å². The number of piperidine rings is 1. The minimum atomic E-state index is 0.487. The van der Waals surface area contributed by atoms with Gasteiger partial charge in [0.15, 0.2) is 0 Å². The van der Waals surface area contributed by atoms with Crippen molar-refractivity contribution in [3.05, 3.63) is 0 Å². The predicted octanol–water partition coefficient (Wildman–Crippen LogP) is 3.71. The highest BCUT2D eigenvalue weighted by atomic mass is 15.0. The molecule has 2 nitrogen and oxygen atoms in total. The Morgan fingerprint density at radius 2 is 2.00 bits per heavy atom. The van der Waals surface area contributed by atoms with Gasteiger partial charge in [0, 0.05) is 18.1 Å². The Morgan fingerprint density at radius 1 is 1.20 bits per heavy atom. The summed E-state index contributed by atoms with van der Waals surface area (Å²) in [6, 6.07) is 2.11. The molecule has 20 heavy (non-hydrogen) atoms. The third-order valence-electron chi connectivity index (χ3n) is 6.77. The van der Waals surface area contributed by atoms with E-state index in [1.807, 2.05) is 0 Å². The molecule has 0 aromatic heterocycles. The first-order valence-corrected chi connectivity index (χ1v) is 8.91. The lowest BCUT2D eigenvalue weighted by molar-refractivity contribution is 0.0970. The molecule has 0 aromatic carbocycles. The normalized spacial score (nSPS) is 44.7. The summed E-state index contributed by atoms with van der Waals surface area (Å²) >= 11 is 0. The smallest absolute Gasteiger partial charge is 0.0177 e. The fourth-order valence-corrected chi connectivity index (χ4v) is 5.62. The maximum absolute atomic E-state index is 4.05. The third kappa shape index (κ3) is 2.54. The summed E-state index contributed by atoms with van der Waals surface area (Å²) in [5.74, 6) is 0.949. The lowest BCUT2D eigenvalue weighted by Crippen LogP contribution is -2.54. The zero-order chi connectivity index (χ0) is 14.4. The van der Waals surface area contributed by atoms with Crippen LogP contribution in [0.25, 0.3) is 0 Å². The molecule has 0 aromatic rings. The highest BCUT2D eigenvalue weighted by molar-refractivity contribution is 5.12. The van der Waals surface area contributed by atoms with Gasteiger partial charge in [0.25, 0.3) is 0 Å². The summed E-state index contributed by atoms with van der Waals surface area (Å²) in [5, 5.41) is 7.75. The quantitative estimate of drug-likeness (QED) is 0.819. The monoisotopic (exact) mass is 278 g/mol. The molecule has 1 saturated heterocycles. The highest BCUT2D eigenvalue weighted by Gasteiger charge is 2.59. The van der Waals surface area contributed by atoms with E-state index in [9.17, 15) is 0 Å². The van der Waals surface area contributed by atoms with Crippen LogP contribution in [0.3, 0.4) is 0 Å². The number of fused-ring (bicyclic) bond motifs is 2. The lowest BCUT2D eigenvalue weighted by atomic mass is 9.68. The van der Waals surface area contributed by atoms with Crippen molar-refractivity contribution < 1.29 is 0 Å². The Morgan fingerprint density at radius 3 is 2.60 bits per heavy atom. The average Bonchev–Trinajstić information content (AvgIpc) is 2.87. The average molecular weight is 278 g/mol. The molecule has 3 aliphatic rings. The summed E-state index contributed by atoms with van der Waals surface area (Å²) in [4.78, 5) is 0. The van der Waals surface area contributed by atoms with Crippen molar-refractivity contribution in [2.24, 2.45) is 16.7 Å². The summed E-state index contributed by atoms with van der Waals surface area (Å²) < 4.78 is 0. The van der Waals surface area contributed by atoms with E-state index in [0.717, 1.165) is 12.0 Å². The van der Waals surface area contributed by atoms with Crippen molar-refractivity contribution in [3.63, 3.8) is 0 Å². The van der Waals surface area contributed by atoms with Crippen LogP contribution in [0.1, 0.15) is 72.6 Å². The summed E-state index contributed by atoms with van der Waals surface area (Å²) in [6.45, 7) is 11.2. The van der Waals surface area contributed by atoms with E-state index in [-0.39, 0.29) is 0 Å². The number of hydrogen-bond donors (Lipinski definition) is 2. The predicted molar refractivity (Wildman–Crippen MR) is 85.9 cm³/mol. The Kier molecular flexibility index (Phi) is 3.92. The van der Waals surface area contributed by atoms with Crippen LogP contribution in [-0.2, 0) is 0 Å². The van der Waals surface area contributed by atoms with Crippen LogP contribution in [0.15, 0.2) is 0 Å². The van der Waals surface area contributed by atoms with Crippen molar-refractivity contribution in [3.8, 4) is 0 Å². The molecule has 0 radical (unpaired) electrons. The Labute approximate surface area is 125 Å². The van der Waals surface area contributed by atoms with Gasteiger partial charge in [0.05, 0.1) is 0 Å². The Balaban J connectivity index is 1.59. The summed E-state index contributed by atoms with van der Waals surface area (Å²) in [6.07, 6.45) is 9.81.